The molecule has 2 atom stereocenters. The van der Waals surface area contributed by atoms with Crippen molar-refractivity contribution in [3.63, 3.8) is 0 Å². The van der Waals surface area contributed by atoms with Crippen molar-refractivity contribution in [2.45, 2.75) is 52.2 Å². The van der Waals surface area contributed by atoms with Crippen LogP contribution in [0, 0.1) is 0 Å². The number of ether oxygens (including phenoxy) is 1. The maximum absolute atomic E-state index is 6.11. The van der Waals surface area contributed by atoms with Gasteiger partial charge in [0.15, 0.2) is 0 Å². The van der Waals surface area contributed by atoms with E-state index in [2.05, 4.69) is 38.1 Å². The highest BCUT2D eigenvalue weighted by Gasteiger charge is 2.13. The van der Waals surface area contributed by atoms with E-state index in [-0.39, 0.29) is 12.1 Å². The summed E-state index contributed by atoms with van der Waals surface area (Å²) in [5.41, 5.74) is 8.77. The molecule has 1 rings (SSSR count). The Morgan fingerprint density at radius 1 is 1.12 bits per heavy atom. The third-order valence-electron chi connectivity index (χ3n) is 3.15. The Kier molecular flexibility index (Phi) is 5.66. The molecule has 0 aliphatic rings. The van der Waals surface area contributed by atoms with E-state index in [0.717, 1.165) is 13.0 Å². The van der Waals surface area contributed by atoms with Gasteiger partial charge in [-0.05, 0) is 37.3 Å². The summed E-state index contributed by atoms with van der Waals surface area (Å²) in [7, 11) is 0. The minimum absolute atomic E-state index is 0.0693. The number of hydrogen-bond donors (Lipinski definition) is 1. The second kappa shape index (κ2) is 6.77. The van der Waals surface area contributed by atoms with Gasteiger partial charge in [-0.25, -0.2) is 0 Å². The van der Waals surface area contributed by atoms with Crippen molar-refractivity contribution in [3.05, 3.63) is 35.4 Å². The van der Waals surface area contributed by atoms with Gasteiger partial charge in [-0.15, -0.1) is 0 Å². The van der Waals surface area contributed by atoms with Gasteiger partial charge in [0.1, 0.15) is 0 Å². The molecular formula is C15H25NO. The Labute approximate surface area is 105 Å². The van der Waals surface area contributed by atoms with Gasteiger partial charge in [0.2, 0.25) is 0 Å². The van der Waals surface area contributed by atoms with Crippen LogP contribution in [0.1, 0.15) is 44.7 Å². The van der Waals surface area contributed by atoms with E-state index in [4.69, 9.17) is 10.5 Å². The van der Waals surface area contributed by atoms with Crippen LogP contribution < -0.4 is 5.73 Å². The number of benzene rings is 1. The molecule has 0 aliphatic heterocycles. The summed E-state index contributed by atoms with van der Waals surface area (Å²) in [6.45, 7) is 9.17. The molecule has 1 aromatic carbocycles. The summed E-state index contributed by atoms with van der Waals surface area (Å²) >= 11 is 0. The first-order chi connectivity index (χ1) is 8.04. The van der Waals surface area contributed by atoms with Gasteiger partial charge in [0.05, 0.1) is 6.10 Å². The first-order valence-corrected chi connectivity index (χ1v) is 6.50. The van der Waals surface area contributed by atoms with Crippen LogP contribution in [0.3, 0.4) is 0 Å². The molecule has 0 amide bonds. The minimum Gasteiger partial charge on any atom is -0.377 e. The summed E-state index contributed by atoms with van der Waals surface area (Å²) in [6.07, 6.45) is 0.990. The van der Waals surface area contributed by atoms with Crippen LogP contribution in [0.5, 0.6) is 0 Å². The van der Waals surface area contributed by atoms with E-state index in [1.807, 2.05) is 13.8 Å². The molecule has 17 heavy (non-hydrogen) atoms. The fourth-order valence-electron chi connectivity index (χ4n) is 1.86. The van der Waals surface area contributed by atoms with Crippen molar-refractivity contribution in [2.24, 2.45) is 5.73 Å². The average molecular weight is 235 g/mol. The second-order valence-corrected chi connectivity index (χ2v) is 4.92. The Hall–Kier alpha value is -0.860. The number of hydrogen-bond acceptors (Lipinski definition) is 2. The van der Waals surface area contributed by atoms with Crippen LogP contribution in [0.4, 0.5) is 0 Å². The van der Waals surface area contributed by atoms with E-state index in [0.29, 0.717) is 5.92 Å². The van der Waals surface area contributed by atoms with Crippen LogP contribution >= 0.6 is 0 Å². The zero-order chi connectivity index (χ0) is 12.8. The van der Waals surface area contributed by atoms with Crippen LogP contribution in [-0.2, 0) is 11.2 Å². The van der Waals surface area contributed by atoms with Gasteiger partial charge in [-0.3, -0.25) is 0 Å². The lowest BCUT2D eigenvalue weighted by molar-refractivity contribution is 0.0577. The fourth-order valence-corrected chi connectivity index (χ4v) is 1.86. The lowest BCUT2D eigenvalue weighted by Crippen LogP contribution is -2.36. The van der Waals surface area contributed by atoms with Crippen molar-refractivity contribution >= 4 is 0 Å². The lowest BCUT2D eigenvalue weighted by Gasteiger charge is -2.20. The molecule has 0 fully saturated rings. The van der Waals surface area contributed by atoms with Crippen LogP contribution in [0.15, 0.2) is 24.3 Å². The van der Waals surface area contributed by atoms with Crippen LogP contribution in [0.25, 0.3) is 0 Å². The van der Waals surface area contributed by atoms with Gasteiger partial charge in [0.25, 0.3) is 0 Å². The van der Waals surface area contributed by atoms with Crippen molar-refractivity contribution in [1.29, 1.82) is 0 Å². The quantitative estimate of drug-likeness (QED) is 0.822. The molecule has 0 aromatic heterocycles. The van der Waals surface area contributed by atoms with Gasteiger partial charge in [0, 0.05) is 12.6 Å². The van der Waals surface area contributed by atoms with Crippen molar-refractivity contribution in [3.8, 4) is 0 Å². The second-order valence-electron chi connectivity index (χ2n) is 4.92. The predicted molar refractivity (Wildman–Crippen MR) is 73.3 cm³/mol. The van der Waals surface area contributed by atoms with E-state index >= 15 is 0 Å². The number of rotatable bonds is 6. The smallest absolute Gasteiger partial charge is 0.0700 e. The molecule has 0 spiro atoms. The highest BCUT2D eigenvalue weighted by molar-refractivity contribution is 5.25. The Bertz CT molecular complexity index is 318. The highest BCUT2D eigenvalue weighted by Crippen LogP contribution is 2.15. The van der Waals surface area contributed by atoms with Gasteiger partial charge in [-0.2, -0.15) is 0 Å². The normalized spacial score (nSPS) is 14.9. The van der Waals surface area contributed by atoms with E-state index in [1.54, 1.807) is 0 Å². The third-order valence-corrected chi connectivity index (χ3v) is 3.15. The van der Waals surface area contributed by atoms with E-state index in [1.165, 1.54) is 11.1 Å². The monoisotopic (exact) mass is 235 g/mol. The molecule has 1 aromatic rings. The van der Waals surface area contributed by atoms with Gasteiger partial charge < -0.3 is 10.5 Å². The molecular weight excluding hydrogens is 210 g/mol. The number of nitrogens with two attached hydrogens (primary N) is 1. The molecule has 96 valence electrons. The first kappa shape index (κ1) is 14.2. The van der Waals surface area contributed by atoms with E-state index < -0.39 is 0 Å². The maximum atomic E-state index is 6.11. The molecule has 2 N–H and O–H groups in total. The fraction of sp³-hybridized carbons (Fsp3) is 0.600. The standard InChI is InChI=1S/C15H25NO/c1-5-17-12(4)15(16)10-13-6-8-14(9-7-13)11(2)3/h6-9,11-12,15H,5,10,16H2,1-4H3. The molecule has 0 bridgehead atoms. The SMILES string of the molecule is CCOC(C)C(N)Cc1ccc(C(C)C)cc1. The molecule has 2 nitrogen and oxygen atoms in total. The Morgan fingerprint density at radius 3 is 2.18 bits per heavy atom. The maximum Gasteiger partial charge on any atom is 0.0700 e. The molecule has 2 unspecified atom stereocenters. The molecule has 0 radical (unpaired) electrons. The van der Waals surface area contributed by atoms with Gasteiger partial charge in [-0.1, -0.05) is 38.1 Å². The van der Waals surface area contributed by atoms with Crippen molar-refractivity contribution in [1.82, 2.24) is 0 Å². The third kappa shape index (κ3) is 4.49. The Morgan fingerprint density at radius 2 is 1.71 bits per heavy atom. The zero-order valence-corrected chi connectivity index (χ0v) is 11.4. The average Bonchev–Trinajstić information content (AvgIpc) is 2.30. The molecule has 0 heterocycles. The molecule has 0 aliphatic carbocycles. The largest absolute Gasteiger partial charge is 0.377 e. The summed E-state index contributed by atoms with van der Waals surface area (Å²) in [5, 5.41) is 0. The summed E-state index contributed by atoms with van der Waals surface area (Å²) in [5.74, 6) is 0.583. The summed E-state index contributed by atoms with van der Waals surface area (Å²) < 4.78 is 5.51. The van der Waals surface area contributed by atoms with E-state index in [9.17, 15) is 0 Å². The molecule has 2 heteroatoms. The van der Waals surface area contributed by atoms with Crippen molar-refractivity contribution < 1.29 is 4.74 Å². The van der Waals surface area contributed by atoms with Crippen LogP contribution in [-0.4, -0.2) is 18.8 Å². The predicted octanol–water partition coefficient (Wildman–Crippen LogP) is 3.10. The lowest BCUT2D eigenvalue weighted by atomic mass is 9.98. The Balaban J connectivity index is 2.56. The molecule has 0 saturated heterocycles. The van der Waals surface area contributed by atoms with Gasteiger partial charge >= 0.3 is 0 Å². The topological polar surface area (TPSA) is 35.2 Å². The summed E-state index contributed by atoms with van der Waals surface area (Å²) in [4.78, 5) is 0. The minimum atomic E-state index is 0.0693. The van der Waals surface area contributed by atoms with Crippen molar-refractivity contribution in [2.75, 3.05) is 6.61 Å². The molecule has 0 saturated carbocycles. The zero-order valence-electron chi connectivity index (χ0n) is 11.4. The van der Waals surface area contributed by atoms with Crippen LogP contribution in [0.2, 0.25) is 0 Å². The first-order valence-electron chi connectivity index (χ1n) is 6.50. The highest BCUT2D eigenvalue weighted by atomic mass is 16.5. The summed E-state index contributed by atoms with van der Waals surface area (Å²) in [6, 6.07) is 8.80.